The minimum absolute atomic E-state index is 0.0337. The van der Waals surface area contributed by atoms with Gasteiger partial charge in [-0.25, -0.2) is 0 Å². The van der Waals surface area contributed by atoms with Crippen molar-refractivity contribution >= 4 is 26.9 Å². The Kier molecular flexibility index (Phi) is 14.6. The van der Waals surface area contributed by atoms with Gasteiger partial charge in [-0.2, -0.15) is 9.79 Å². The Bertz CT molecular complexity index is 922. The summed E-state index contributed by atoms with van der Waals surface area (Å²) < 4.78 is 11.8. The molecule has 3 rings (SSSR count). The van der Waals surface area contributed by atoms with Crippen LogP contribution in [0.2, 0.25) is 0 Å². The van der Waals surface area contributed by atoms with Crippen molar-refractivity contribution in [2.45, 2.75) is 13.3 Å². The molecule has 0 aliphatic rings. The number of aliphatic hydroxyl groups excluding tert-OH is 2. The molecule has 1 unspecified atom stereocenters. The lowest BCUT2D eigenvalue weighted by molar-refractivity contribution is 0.150. The molecule has 0 bridgehead atoms. The molecule has 3 aromatic carbocycles. The highest BCUT2D eigenvalue weighted by atomic mass is 31.0. The molecule has 1 atom stereocenters. The smallest absolute Gasteiger partial charge is 0.0511 e. The number of nitrogens with zero attached hydrogens (tertiary/aromatic N) is 3. The van der Waals surface area contributed by atoms with Gasteiger partial charge in [-0.1, -0.05) is 48.0 Å². The molecule has 5 nitrogen and oxygen atoms in total. The Morgan fingerprint density at radius 1 is 0.714 bits per heavy atom. The number of hydrogen-bond acceptors (Lipinski definition) is 5. The van der Waals surface area contributed by atoms with Crippen molar-refractivity contribution in [2.24, 2.45) is 5.92 Å². The molecule has 3 aromatic rings. The van der Waals surface area contributed by atoms with Crippen molar-refractivity contribution in [1.82, 2.24) is 0 Å². The third-order valence-electron chi connectivity index (χ3n) is 5.32. The van der Waals surface area contributed by atoms with E-state index in [9.17, 15) is 0 Å². The minimum Gasteiger partial charge on any atom is -0.396 e. The van der Waals surface area contributed by atoms with Crippen LogP contribution in [-0.2, 0) is 6.42 Å². The fraction of sp³-hybridized carbons (Fsp3) is 0.379. The van der Waals surface area contributed by atoms with E-state index in [0.717, 1.165) is 17.7 Å². The van der Waals surface area contributed by atoms with E-state index in [2.05, 4.69) is 53.1 Å². The molecule has 0 heterocycles. The Hall–Kier alpha value is -2.59. The first kappa shape index (κ1) is 28.6. The lowest BCUT2D eigenvalue weighted by Crippen LogP contribution is -2.14. The maximum atomic E-state index is 8.96. The van der Waals surface area contributed by atoms with Gasteiger partial charge in [-0.15, -0.1) is 0 Å². The van der Waals surface area contributed by atoms with Crippen LogP contribution in [0.4, 0.5) is 17.1 Å². The quantitative estimate of drug-likeness (QED) is 0.456. The van der Waals surface area contributed by atoms with E-state index in [4.69, 9.17) is 12.8 Å². The molecule has 35 heavy (non-hydrogen) atoms. The fourth-order valence-corrected chi connectivity index (χ4v) is 3.02. The average Bonchev–Trinajstić information content (AvgIpc) is 2.89. The van der Waals surface area contributed by atoms with E-state index in [0.29, 0.717) is 0 Å². The normalized spacial score (nSPS) is 10.6. The predicted octanol–water partition coefficient (Wildman–Crippen LogP) is 4.77. The van der Waals surface area contributed by atoms with E-state index >= 15 is 0 Å². The Morgan fingerprint density at radius 2 is 1.09 bits per heavy atom. The number of aliphatic hydroxyl groups is 2. The van der Waals surface area contributed by atoms with Crippen molar-refractivity contribution < 1.29 is 10.2 Å². The lowest BCUT2D eigenvalue weighted by atomic mass is 10.0. The summed E-state index contributed by atoms with van der Waals surface area (Å²) in [5.41, 5.74) is 6.12. The first-order valence-electron chi connectivity index (χ1n) is 12.6. The number of rotatable bonds is 7. The van der Waals surface area contributed by atoms with E-state index in [1.165, 1.54) is 16.9 Å². The van der Waals surface area contributed by atoms with Crippen molar-refractivity contribution in [3.63, 3.8) is 0 Å². The number of para-hydroxylation sites is 1. The molecular weight excluding hydrogens is 453 g/mol. The van der Waals surface area contributed by atoms with Crippen molar-refractivity contribution in [1.29, 1.82) is 2.56 Å². The Morgan fingerprint density at radius 3 is 1.43 bits per heavy atom. The van der Waals surface area contributed by atoms with E-state index < -0.39 is 9.79 Å². The summed E-state index contributed by atoms with van der Waals surface area (Å²) in [7, 11) is 11.7. The van der Waals surface area contributed by atoms with Gasteiger partial charge in [0, 0.05) is 78.5 Å². The average molecular weight is 503 g/mol. The summed E-state index contributed by atoms with van der Waals surface area (Å²) in [6.07, 6.45) is 0.723. The van der Waals surface area contributed by atoms with Crippen LogP contribution >= 0.6 is 9.79 Å². The van der Waals surface area contributed by atoms with Gasteiger partial charge in [0.1, 0.15) is 0 Å². The lowest BCUT2D eigenvalue weighted by Gasteiger charge is -2.14. The van der Waals surface area contributed by atoms with Crippen LogP contribution < -0.4 is 14.7 Å². The largest absolute Gasteiger partial charge is 0.396 e. The van der Waals surface area contributed by atoms with Gasteiger partial charge in [0.05, 0.1) is 2.56 Å². The van der Waals surface area contributed by atoms with E-state index in [1.54, 1.807) is 0 Å². The van der Waals surface area contributed by atoms with Crippen LogP contribution in [0.25, 0.3) is 0 Å². The maximum Gasteiger partial charge on any atom is 0.0511 e. The highest BCUT2D eigenvalue weighted by Crippen LogP contribution is 2.15. The van der Waals surface area contributed by atoms with Gasteiger partial charge in [-0.3, -0.25) is 0 Å². The zero-order chi connectivity index (χ0) is 28.2. The first-order chi connectivity index (χ1) is 17.6. The molecule has 0 radical (unpaired) electrons. The molecular formula is C29H46N3O2P. The molecule has 2 N–H and O–H groups in total. The monoisotopic (exact) mass is 502 g/mol. The molecule has 0 aliphatic heterocycles. The van der Waals surface area contributed by atoms with Crippen molar-refractivity contribution in [2.75, 3.05) is 70.2 Å². The van der Waals surface area contributed by atoms with Crippen LogP contribution in [-0.4, -0.2) is 68.3 Å². The van der Waals surface area contributed by atoms with Crippen molar-refractivity contribution in [3.8, 4) is 0 Å². The minimum atomic E-state index is -0.417. The molecule has 0 amide bonds. The summed E-state index contributed by atoms with van der Waals surface area (Å²) in [6, 6.07) is 26.9. The van der Waals surface area contributed by atoms with Gasteiger partial charge in [0.15, 0.2) is 0 Å². The molecule has 0 spiro atoms. The number of aryl methyl sites for hydroxylation is 1. The van der Waals surface area contributed by atoms with Crippen LogP contribution in [0.5, 0.6) is 0 Å². The number of hydrogen-bond donors (Lipinski definition) is 2. The summed E-state index contributed by atoms with van der Waals surface area (Å²) in [4.78, 5) is 6.22. The molecule has 0 fully saturated rings. The maximum absolute atomic E-state index is 8.96. The zero-order valence-corrected chi connectivity index (χ0v) is 23.4. The summed E-state index contributed by atoms with van der Waals surface area (Å²) in [6.45, 7) is 2.16. The third kappa shape index (κ3) is 13.2. The molecule has 0 aliphatic carbocycles. The second-order valence-corrected chi connectivity index (χ2v) is 8.96. The molecule has 0 saturated heterocycles. The third-order valence-corrected chi connectivity index (χ3v) is 5.32. The summed E-state index contributed by atoms with van der Waals surface area (Å²) >= 11 is 0. The second kappa shape index (κ2) is 17.8. The highest BCUT2D eigenvalue weighted by Gasteiger charge is 2.07. The van der Waals surface area contributed by atoms with Crippen LogP contribution in [0.3, 0.4) is 0 Å². The van der Waals surface area contributed by atoms with Crippen LogP contribution in [0, 0.1) is 12.8 Å². The van der Waals surface area contributed by atoms with Crippen molar-refractivity contribution in [3.05, 3.63) is 90.0 Å². The molecule has 0 aromatic heterocycles. The van der Waals surface area contributed by atoms with Gasteiger partial charge in [0.25, 0.3) is 0 Å². The summed E-state index contributed by atoms with van der Waals surface area (Å²) in [5, 5.41) is 17.9. The molecule has 0 saturated carbocycles. The Balaban J connectivity index is 0.000000516. The standard InChI is InChI=1S/C12H19NO2.C9H13N.C8H11N.H3P/c1-13(2)12-5-3-10(4-6-12)7-11(8-14)9-15;1-8-4-6-9(7-5-8)10(2)3;1-9(2)8-6-4-3-5-7-8;/h3-6,11,14-15H,7-9H2,1-2H3;4-7H,1-3H3;3-7H,1-2H3;1H3/i;;;1TD. The SMILES string of the molecule is CN(C)c1ccc(CC(CO)CO)cc1.CN(C)c1ccccc1.Cc1ccc(N(C)C)cc1.[2H]P[3H]. The van der Waals surface area contributed by atoms with Crippen LogP contribution in [0.1, 0.15) is 11.1 Å². The number of benzene rings is 3. The van der Waals surface area contributed by atoms with Crippen LogP contribution in [0.15, 0.2) is 78.9 Å². The molecule has 194 valence electrons. The van der Waals surface area contributed by atoms with Gasteiger partial charge < -0.3 is 24.9 Å². The zero-order valence-electron chi connectivity index (χ0n) is 24.4. The first-order valence-corrected chi connectivity index (χ1v) is 11.6. The van der Waals surface area contributed by atoms with E-state index in [1.807, 2.05) is 89.7 Å². The molecule has 6 heteroatoms. The fourth-order valence-electron chi connectivity index (χ4n) is 3.02. The topological polar surface area (TPSA) is 50.2 Å². The second-order valence-electron chi connectivity index (χ2n) is 8.96. The van der Waals surface area contributed by atoms with Gasteiger partial charge in [-0.05, 0) is 55.3 Å². The highest BCUT2D eigenvalue weighted by molar-refractivity contribution is 6.92. The van der Waals surface area contributed by atoms with Gasteiger partial charge >= 0.3 is 0 Å². The number of anilines is 3. The predicted molar refractivity (Wildman–Crippen MR) is 160 cm³/mol. The Labute approximate surface area is 219 Å². The summed E-state index contributed by atoms with van der Waals surface area (Å²) in [5.74, 6) is -0.0461. The van der Waals surface area contributed by atoms with E-state index in [-0.39, 0.29) is 19.1 Å². The van der Waals surface area contributed by atoms with Gasteiger partial charge in [0.2, 0.25) is 0 Å².